The number of aromatic amines is 1. The van der Waals surface area contributed by atoms with Crippen LogP contribution in [-0.2, 0) is 6.54 Å². The molecule has 6 heteroatoms. The zero-order valence-electron chi connectivity index (χ0n) is 10.8. The third-order valence-corrected chi connectivity index (χ3v) is 3.18. The molecule has 0 bridgehead atoms. The summed E-state index contributed by atoms with van der Waals surface area (Å²) >= 11 is 6.18. The normalized spacial score (nSPS) is 11.6. The number of H-pyrrole nitrogens is 1. The van der Waals surface area contributed by atoms with E-state index in [1.165, 1.54) is 6.33 Å². The van der Waals surface area contributed by atoms with Crippen LogP contribution in [-0.4, -0.2) is 24.7 Å². The highest BCUT2D eigenvalue weighted by Crippen LogP contribution is 2.30. The van der Waals surface area contributed by atoms with Crippen molar-refractivity contribution in [1.29, 1.82) is 0 Å². The molecule has 3 aromatic heterocycles. The summed E-state index contributed by atoms with van der Waals surface area (Å²) in [6.07, 6.45) is 7.06. The smallest absolute Gasteiger partial charge is 0.142 e. The maximum atomic E-state index is 6.18. The molecule has 0 aliphatic carbocycles. The van der Waals surface area contributed by atoms with Gasteiger partial charge in [-0.1, -0.05) is 25.4 Å². The van der Waals surface area contributed by atoms with E-state index in [-0.39, 0.29) is 0 Å². The fourth-order valence-electron chi connectivity index (χ4n) is 2.10. The molecule has 19 heavy (non-hydrogen) atoms. The van der Waals surface area contributed by atoms with Crippen molar-refractivity contribution < 1.29 is 0 Å². The second-order valence-corrected chi connectivity index (χ2v) is 5.33. The van der Waals surface area contributed by atoms with E-state index in [1.807, 2.05) is 17.1 Å². The van der Waals surface area contributed by atoms with Crippen molar-refractivity contribution in [3.05, 3.63) is 29.9 Å². The van der Waals surface area contributed by atoms with Gasteiger partial charge in [-0.15, -0.1) is 0 Å². The Balaban J connectivity index is 2.09. The van der Waals surface area contributed by atoms with Crippen molar-refractivity contribution in [2.45, 2.75) is 20.4 Å². The van der Waals surface area contributed by atoms with Crippen molar-refractivity contribution in [3.63, 3.8) is 0 Å². The highest BCUT2D eigenvalue weighted by molar-refractivity contribution is 6.36. The molecule has 98 valence electrons. The van der Waals surface area contributed by atoms with Crippen LogP contribution >= 0.6 is 11.6 Å². The fourth-order valence-corrected chi connectivity index (χ4v) is 2.34. The summed E-state index contributed by atoms with van der Waals surface area (Å²) in [6.45, 7) is 5.20. The summed E-state index contributed by atoms with van der Waals surface area (Å²) < 4.78 is 1.93. The number of hydrogen-bond acceptors (Lipinski definition) is 3. The second kappa shape index (κ2) is 4.66. The highest BCUT2D eigenvalue weighted by atomic mass is 35.5. The van der Waals surface area contributed by atoms with Crippen LogP contribution in [0.1, 0.15) is 13.8 Å². The minimum atomic E-state index is 0.550. The Morgan fingerprint density at radius 3 is 3.00 bits per heavy atom. The molecule has 0 amide bonds. The van der Waals surface area contributed by atoms with Crippen molar-refractivity contribution in [2.24, 2.45) is 5.92 Å². The molecular weight excluding hydrogens is 262 g/mol. The van der Waals surface area contributed by atoms with Crippen molar-refractivity contribution in [1.82, 2.24) is 24.7 Å². The topological polar surface area (TPSA) is 59.4 Å². The molecule has 0 radical (unpaired) electrons. The van der Waals surface area contributed by atoms with Crippen LogP contribution in [0.25, 0.3) is 22.3 Å². The van der Waals surface area contributed by atoms with Crippen LogP contribution in [0.2, 0.25) is 5.02 Å². The maximum absolute atomic E-state index is 6.18. The lowest BCUT2D eigenvalue weighted by molar-refractivity contribution is 0.483. The zero-order chi connectivity index (χ0) is 13.4. The molecule has 0 saturated heterocycles. The second-order valence-electron chi connectivity index (χ2n) is 4.93. The van der Waals surface area contributed by atoms with Gasteiger partial charge in [0.2, 0.25) is 0 Å². The van der Waals surface area contributed by atoms with Crippen LogP contribution < -0.4 is 0 Å². The Labute approximate surface area is 115 Å². The molecule has 0 aliphatic rings. The lowest BCUT2D eigenvalue weighted by Gasteiger charge is -2.03. The van der Waals surface area contributed by atoms with Gasteiger partial charge in [0.25, 0.3) is 0 Å². The van der Waals surface area contributed by atoms with Gasteiger partial charge < -0.3 is 4.98 Å². The molecule has 3 rings (SSSR count). The molecule has 1 N–H and O–H groups in total. The first-order valence-electron chi connectivity index (χ1n) is 6.15. The van der Waals surface area contributed by atoms with Crippen LogP contribution in [0.4, 0.5) is 0 Å². The van der Waals surface area contributed by atoms with Gasteiger partial charge >= 0.3 is 0 Å². The molecular formula is C13H14ClN5. The van der Waals surface area contributed by atoms with E-state index in [1.54, 1.807) is 6.20 Å². The molecule has 5 nitrogen and oxygen atoms in total. The molecule has 3 heterocycles. The third kappa shape index (κ3) is 2.21. The minimum absolute atomic E-state index is 0.550. The number of halogens is 1. The molecule has 3 aromatic rings. The minimum Gasteiger partial charge on any atom is -0.344 e. The molecule has 0 saturated carbocycles. The Kier molecular flexibility index (Phi) is 2.98. The predicted molar refractivity (Wildman–Crippen MR) is 75.0 cm³/mol. The van der Waals surface area contributed by atoms with E-state index >= 15 is 0 Å². The maximum Gasteiger partial charge on any atom is 0.142 e. The number of aromatic nitrogens is 5. The van der Waals surface area contributed by atoms with Crippen LogP contribution in [0.15, 0.2) is 24.9 Å². The first kappa shape index (κ1) is 12.2. The SMILES string of the molecule is CC(C)Cn1cc(-c2ncnc3[nH]cc(Cl)c23)cn1. The van der Waals surface area contributed by atoms with E-state index < -0.39 is 0 Å². The first-order valence-corrected chi connectivity index (χ1v) is 6.53. The van der Waals surface area contributed by atoms with Gasteiger partial charge in [-0.25, -0.2) is 9.97 Å². The molecule has 0 aromatic carbocycles. The summed E-state index contributed by atoms with van der Waals surface area (Å²) in [5.41, 5.74) is 2.51. The molecule has 0 atom stereocenters. The van der Waals surface area contributed by atoms with E-state index in [2.05, 4.69) is 33.9 Å². The zero-order valence-corrected chi connectivity index (χ0v) is 11.5. The van der Waals surface area contributed by atoms with Gasteiger partial charge in [0, 0.05) is 24.5 Å². The summed E-state index contributed by atoms with van der Waals surface area (Å²) in [4.78, 5) is 11.5. The lowest BCUT2D eigenvalue weighted by atomic mass is 10.2. The van der Waals surface area contributed by atoms with Crippen molar-refractivity contribution in [3.8, 4) is 11.3 Å². The highest BCUT2D eigenvalue weighted by Gasteiger charge is 2.13. The van der Waals surface area contributed by atoms with Gasteiger partial charge in [0.05, 0.1) is 22.3 Å². The number of nitrogens with zero attached hydrogens (tertiary/aromatic N) is 4. The summed E-state index contributed by atoms with van der Waals surface area (Å²) in [7, 11) is 0. The molecule has 0 spiro atoms. The first-order chi connectivity index (χ1) is 9.15. The molecule has 0 aliphatic heterocycles. The fraction of sp³-hybridized carbons (Fsp3) is 0.308. The largest absolute Gasteiger partial charge is 0.344 e. The average Bonchev–Trinajstić information content (AvgIpc) is 2.96. The monoisotopic (exact) mass is 275 g/mol. The molecule has 0 unspecified atom stereocenters. The quantitative estimate of drug-likeness (QED) is 0.799. The number of rotatable bonds is 3. The third-order valence-electron chi connectivity index (χ3n) is 2.88. The Morgan fingerprint density at radius 1 is 1.37 bits per heavy atom. The van der Waals surface area contributed by atoms with Gasteiger partial charge in [-0.2, -0.15) is 5.10 Å². The van der Waals surface area contributed by atoms with Gasteiger partial charge in [-0.05, 0) is 5.92 Å². The van der Waals surface area contributed by atoms with E-state index in [0.717, 1.165) is 28.8 Å². The van der Waals surface area contributed by atoms with Gasteiger partial charge in [0.15, 0.2) is 0 Å². The number of nitrogens with one attached hydrogen (secondary N) is 1. The van der Waals surface area contributed by atoms with Crippen molar-refractivity contribution in [2.75, 3.05) is 0 Å². The lowest BCUT2D eigenvalue weighted by Crippen LogP contribution is -2.04. The van der Waals surface area contributed by atoms with Crippen LogP contribution in [0.5, 0.6) is 0 Å². The average molecular weight is 276 g/mol. The van der Waals surface area contributed by atoms with Gasteiger partial charge in [-0.3, -0.25) is 4.68 Å². The van der Waals surface area contributed by atoms with E-state index in [9.17, 15) is 0 Å². The summed E-state index contributed by atoms with van der Waals surface area (Å²) in [6, 6.07) is 0. The summed E-state index contributed by atoms with van der Waals surface area (Å²) in [5, 5.41) is 5.82. The molecule has 0 fully saturated rings. The van der Waals surface area contributed by atoms with Crippen molar-refractivity contribution >= 4 is 22.6 Å². The summed E-state index contributed by atoms with van der Waals surface area (Å²) in [5.74, 6) is 0.550. The Bertz CT molecular complexity index is 713. The van der Waals surface area contributed by atoms with E-state index in [4.69, 9.17) is 11.6 Å². The predicted octanol–water partition coefficient (Wildman–Crippen LogP) is 3.13. The standard InChI is InChI=1S/C13H14ClN5/c1-8(2)5-19-6-9(3-18-19)12-11-10(14)4-15-13(11)17-7-16-12/h3-4,6-8H,5H2,1-2H3,(H,15,16,17). The van der Waals surface area contributed by atoms with Crippen LogP contribution in [0, 0.1) is 5.92 Å². The van der Waals surface area contributed by atoms with E-state index in [0.29, 0.717) is 10.9 Å². The Hall–Kier alpha value is -1.88. The number of fused-ring (bicyclic) bond motifs is 1. The van der Waals surface area contributed by atoms with Crippen LogP contribution in [0.3, 0.4) is 0 Å². The number of hydrogen-bond donors (Lipinski definition) is 1. The Morgan fingerprint density at radius 2 is 2.21 bits per heavy atom. The van der Waals surface area contributed by atoms with Gasteiger partial charge in [0.1, 0.15) is 12.0 Å².